The Kier molecular flexibility index (Phi) is 7.23. The summed E-state index contributed by atoms with van der Waals surface area (Å²) in [6.45, 7) is 0.154. The van der Waals surface area contributed by atoms with Gasteiger partial charge in [0.2, 0.25) is 0 Å². The van der Waals surface area contributed by atoms with E-state index in [9.17, 15) is 14.4 Å². The van der Waals surface area contributed by atoms with Crippen molar-refractivity contribution in [1.29, 1.82) is 0 Å². The summed E-state index contributed by atoms with van der Waals surface area (Å²) in [5.41, 5.74) is 1.53. The van der Waals surface area contributed by atoms with Crippen molar-refractivity contribution in [3.05, 3.63) is 93.4 Å². The van der Waals surface area contributed by atoms with Gasteiger partial charge in [-0.15, -0.1) is 0 Å². The van der Waals surface area contributed by atoms with E-state index in [2.05, 4.69) is 20.7 Å². The Labute approximate surface area is 177 Å². The van der Waals surface area contributed by atoms with Gasteiger partial charge in [-0.25, -0.2) is 9.59 Å². The van der Waals surface area contributed by atoms with Crippen LogP contribution in [0.25, 0.3) is 22.6 Å². The monoisotopic (exact) mass is 474 g/mol. The van der Waals surface area contributed by atoms with Gasteiger partial charge in [0, 0.05) is 11.1 Å². The molecule has 8 nitrogen and oxygen atoms in total. The number of alkyl halides is 1. The Morgan fingerprint density at radius 3 is 1.67 bits per heavy atom. The second-order valence-corrected chi connectivity index (χ2v) is 6.25. The smallest absolute Gasteiger partial charge is 0.460 e. The molecule has 154 valence electrons. The van der Waals surface area contributed by atoms with E-state index >= 15 is 0 Å². The summed E-state index contributed by atoms with van der Waals surface area (Å²) in [5, 5.41) is 0.461. The zero-order valence-electron chi connectivity index (χ0n) is 15.4. The maximum atomic E-state index is 11.0. The van der Waals surface area contributed by atoms with Crippen molar-refractivity contribution in [2.24, 2.45) is 0 Å². The minimum absolute atomic E-state index is 0.126. The van der Waals surface area contributed by atoms with Gasteiger partial charge >= 0.3 is 11.6 Å². The maximum Gasteiger partial charge on any atom is 0.519 e. The van der Waals surface area contributed by atoms with Gasteiger partial charge in [0.25, 0.3) is 6.47 Å². The highest BCUT2D eigenvalue weighted by Gasteiger charge is 2.15. The van der Waals surface area contributed by atoms with Crippen LogP contribution in [0, 0.1) is 0 Å². The summed E-state index contributed by atoms with van der Waals surface area (Å²) in [6, 6.07) is 18.3. The van der Waals surface area contributed by atoms with Crippen molar-refractivity contribution in [1.82, 2.24) is 0 Å². The van der Waals surface area contributed by atoms with Gasteiger partial charge in [-0.05, 0) is 0 Å². The van der Waals surface area contributed by atoms with Crippen LogP contribution >= 0.6 is 15.9 Å². The predicted octanol–water partition coefficient (Wildman–Crippen LogP) is 4.37. The molecule has 2 aromatic carbocycles. The molecule has 0 fully saturated rings. The molecule has 0 radical (unpaired) electrons. The van der Waals surface area contributed by atoms with Crippen LogP contribution in [-0.2, 0) is 21.5 Å². The highest BCUT2D eigenvalue weighted by molar-refractivity contribution is 9.08. The first-order valence-corrected chi connectivity index (χ1v) is 9.72. The minimum Gasteiger partial charge on any atom is -0.460 e. The number of carbonyl (C=O) groups excluding carboxylic acids is 1. The van der Waals surface area contributed by atoms with Crippen molar-refractivity contribution in [2.45, 2.75) is 11.9 Å². The van der Waals surface area contributed by atoms with Gasteiger partial charge in [-0.1, -0.05) is 76.6 Å². The first-order valence-electron chi connectivity index (χ1n) is 8.60. The summed E-state index contributed by atoms with van der Waals surface area (Å²) in [6.07, 6.45) is 0. The van der Waals surface area contributed by atoms with Gasteiger partial charge in [0.1, 0.15) is 0 Å². The van der Waals surface area contributed by atoms with Crippen LogP contribution in [0.4, 0.5) is 0 Å². The van der Waals surface area contributed by atoms with E-state index in [4.69, 9.17) is 17.7 Å². The first-order chi connectivity index (χ1) is 14.6. The molecule has 30 heavy (non-hydrogen) atoms. The summed E-state index contributed by atoms with van der Waals surface area (Å²) < 4.78 is 24.0. The minimum atomic E-state index is -0.816. The molecule has 0 N–H and O–H groups in total. The third-order valence-corrected chi connectivity index (χ3v) is 4.28. The Bertz CT molecular complexity index is 1180. The fourth-order valence-electron chi connectivity index (χ4n) is 2.53. The van der Waals surface area contributed by atoms with Crippen LogP contribution in [0.3, 0.4) is 0 Å². The van der Waals surface area contributed by atoms with E-state index in [1.54, 1.807) is 24.3 Å². The van der Waals surface area contributed by atoms with E-state index in [-0.39, 0.29) is 24.6 Å². The van der Waals surface area contributed by atoms with Gasteiger partial charge in [0.15, 0.2) is 29.6 Å². The molecule has 0 bridgehead atoms. The van der Waals surface area contributed by atoms with Crippen LogP contribution in [0.1, 0.15) is 11.5 Å². The number of ether oxygens (including phenoxy) is 1. The standard InChI is InChI=1S/C11H8O5.C10H7BrO3/c12-7-14-6-9-10(16-11(13)15-9)8-4-2-1-3-5-8;11-6-8-9(14-10(12)13-8)7-4-2-1-3-5-7/h1-5,7H,6H2;1-5H,6H2. The van der Waals surface area contributed by atoms with Gasteiger partial charge in [-0.2, -0.15) is 0 Å². The molecular weight excluding hydrogens is 460 g/mol. The third-order valence-electron chi connectivity index (χ3n) is 3.77. The molecule has 4 rings (SSSR count). The molecule has 0 aliphatic carbocycles. The number of benzene rings is 2. The molecule has 0 amide bonds. The van der Waals surface area contributed by atoms with Gasteiger partial charge in [0.05, 0.1) is 5.33 Å². The third kappa shape index (κ3) is 5.26. The van der Waals surface area contributed by atoms with Crippen molar-refractivity contribution in [3.63, 3.8) is 0 Å². The summed E-state index contributed by atoms with van der Waals surface area (Å²) in [5.74, 6) is 0.00563. The lowest BCUT2D eigenvalue weighted by Gasteiger charge is -1.97. The summed E-state index contributed by atoms with van der Waals surface area (Å²) >= 11 is 3.23. The molecule has 2 heterocycles. The van der Waals surface area contributed by atoms with Crippen molar-refractivity contribution in [2.75, 3.05) is 0 Å². The molecule has 2 aromatic heterocycles. The SMILES string of the molecule is O=COCc1oc(=O)oc1-c1ccccc1.O=c1oc(CBr)c(-c2ccccc2)o1. The molecule has 9 heteroatoms. The average Bonchev–Trinajstić information content (AvgIpc) is 3.36. The second-order valence-electron chi connectivity index (χ2n) is 5.69. The topological polar surface area (TPSA) is 113 Å². The number of carbonyl (C=O) groups is 1. The van der Waals surface area contributed by atoms with Gasteiger partial charge < -0.3 is 22.4 Å². The van der Waals surface area contributed by atoms with E-state index in [1.165, 1.54) is 0 Å². The lowest BCUT2D eigenvalue weighted by atomic mass is 10.1. The molecule has 0 atom stereocenters. The Morgan fingerprint density at radius 1 is 0.733 bits per heavy atom. The number of hydrogen-bond donors (Lipinski definition) is 0. The van der Waals surface area contributed by atoms with E-state index < -0.39 is 11.6 Å². The van der Waals surface area contributed by atoms with Crippen LogP contribution < -0.4 is 11.6 Å². The fraction of sp³-hybridized carbons (Fsp3) is 0.0952. The lowest BCUT2D eigenvalue weighted by Crippen LogP contribution is -1.91. The van der Waals surface area contributed by atoms with Gasteiger partial charge in [-0.3, -0.25) is 4.79 Å². The number of halogens is 1. The molecular formula is C21H15BrO8. The molecule has 0 saturated heterocycles. The van der Waals surface area contributed by atoms with E-state index in [1.807, 2.05) is 36.4 Å². The molecule has 4 aromatic rings. The zero-order chi connectivity index (χ0) is 21.3. The molecule has 0 aliphatic rings. The van der Waals surface area contributed by atoms with Crippen LogP contribution in [0.5, 0.6) is 0 Å². The van der Waals surface area contributed by atoms with Crippen molar-refractivity contribution in [3.8, 4) is 22.6 Å². The first kappa shape index (κ1) is 21.1. The van der Waals surface area contributed by atoms with E-state index in [0.717, 1.165) is 5.56 Å². The predicted molar refractivity (Wildman–Crippen MR) is 109 cm³/mol. The van der Waals surface area contributed by atoms with Crippen molar-refractivity contribution < 1.29 is 27.2 Å². The fourth-order valence-corrected chi connectivity index (χ4v) is 2.90. The van der Waals surface area contributed by atoms with E-state index in [0.29, 0.717) is 22.4 Å². The Balaban J connectivity index is 0.000000172. The molecule has 0 spiro atoms. The summed E-state index contributed by atoms with van der Waals surface area (Å²) in [7, 11) is 0. The number of rotatable bonds is 6. The molecule has 0 unspecified atom stereocenters. The maximum absolute atomic E-state index is 11.0. The second kappa shape index (κ2) is 10.3. The number of hydrogen-bond acceptors (Lipinski definition) is 8. The quantitative estimate of drug-likeness (QED) is 0.299. The normalized spacial score (nSPS) is 10.2. The van der Waals surface area contributed by atoms with Crippen LogP contribution in [-0.4, -0.2) is 6.47 Å². The average molecular weight is 475 g/mol. The summed E-state index contributed by atoms with van der Waals surface area (Å²) in [4.78, 5) is 31.9. The van der Waals surface area contributed by atoms with Crippen LogP contribution in [0.15, 0.2) is 87.9 Å². The largest absolute Gasteiger partial charge is 0.519 e. The highest BCUT2D eigenvalue weighted by atomic mass is 79.9. The Morgan fingerprint density at radius 2 is 1.20 bits per heavy atom. The Hall–Kier alpha value is -3.59. The highest BCUT2D eigenvalue weighted by Crippen LogP contribution is 2.24. The lowest BCUT2D eigenvalue weighted by molar-refractivity contribution is -0.130. The molecule has 0 saturated carbocycles. The molecule has 0 aliphatic heterocycles. The van der Waals surface area contributed by atoms with Crippen molar-refractivity contribution >= 4 is 22.4 Å². The zero-order valence-corrected chi connectivity index (χ0v) is 17.0. The van der Waals surface area contributed by atoms with Crippen LogP contribution in [0.2, 0.25) is 0 Å².